The molecule has 1 nitrogen and oxygen atoms in total. The highest BCUT2D eigenvalue weighted by molar-refractivity contribution is 5.30. The van der Waals surface area contributed by atoms with E-state index in [0.29, 0.717) is 12.5 Å². The van der Waals surface area contributed by atoms with Gasteiger partial charge in [-0.3, -0.25) is 0 Å². The highest BCUT2D eigenvalue weighted by Gasteiger charge is 2.04. The van der Waals surface area contributed by atoms with Gasteiger partial charge in [-0.05, 0) is 29.2 Å². The second-order valence-corrected chi connectivity index (χ2v) is 5.16. The Kier molecular flexibility index (Phi) is 5.91. The number of hydrogen-bond donors (Lipinski definition) is 0. The summed E-state index contributed by atoms with van der Waals surface area (Å²) in [7, 11) is 0. The summed E-state index contributed by atoms with van der Waals surface area (Å²) in [5, 5.41) is 0. The monoisotopic (exact) mass is 278 g/mol. The van der Waals surface area contributed by atoms with Crippen LogP contribution in [0.2, 0.25) is 0 Å². The summed E-state index contributed by atoms with van der Waals surface area (Å²) in [5.74, 6) is 7.71. The average molecular weight is 278 g/mol. The maximum absolute atomic E-state index is 5.80. The van der Waals surface area contributed by atoms with Gasteiger partial charge < -0.3 is 4.74 Å². The van der Waals surface area contributed by atoms with Crippen LogP contribution in [0, 0.1) is 11.8 Å². The third-order valence-corrected chi connectivity index (χ3v) is 3.41. The van der Waals surface area contributed by atoms with E-state index in [1.54, 1.807) is 0 Å². The molecule has 2 rings (SSSR count). The Labute approximate surface area is 128 Å². The number of rotatable bonds is 5. The largest absolute Gasteiger partial charge is 0.489 e. The van der Waals surface area contributed by atoms with Crippen molar-refractivity contribution in [2.75, 3.05) is 0 Å². The minimum absolute atomic E-state index is 0.465. The van der Waals surface area contributed by atoms with E-state index < -0.39 is 0 Å². The molecule has 108 valence electrons. The molecule has 0 heterocycles. The van der Waals surface area contributed by atoms with Gasteiger partial charge in [0.15, 0.2) is 0 Å². The van der Waals surface area contributed by atoms with Gasteiger partial charge in [0.1, 0.15) is 12.4 Å². The van der Waals surface area contributed by atoms with Crippen LogP contribution in [0.5, 0.6) is 5.75 Å². The van der Waals surface area contributed by atoms with Crippen molar-refractivity contribution in [1.29, 1.82) is 0 Å². The van der Waals surface area contributed by atoms with Crippen LogP contribution in [0.4, 0.5) is 0 Å². The Morgan fingerprint density at radius 2 is 1.67 bits per heavy atom. The first-order chi connectivity index (χ1) is 10.3. The van der Waals surface area contributed by atoms with Crippen molar-refractivity contribution in [1.82, 2.24) is 0 Å². The predicted octanol–water partition coefficient (Wildman–Crippen LogP) is 5.17. The molecule has 21 heavy (non-hydrogen) atoms. The van der Waals surface area contributed by atoms with Crippen molar-refractivity contribution in [3.05, 3.63) is 65.7 Å². The summed E-state index contributed by atoms with van der Waals surface area (Å²) in [5.41, 5.74) is 2.50. The van der Waals surface area contributed by atoms with Gasteiger partial charge in [-0.2, -0.15) is 0 Å². The second-order valence-electron chi connectivity index (χ2n) is 5.16. The van der Waals surface area contributed by atoms with Gasteiger partial charge in [-0.25, -0.2) is 0 Å². The summed E-state index contributed by atoms with van der Waals surface area (Å²) in [6.07, 6.45) is 1.84. The normalized spacial score (nSPS) is 11.3. The van der Waals surface area contributed by atoms with E-state index in [9.17, 15) is 0 Å². The van der Waals surface area contributed by atoms with E-state index in [4.69, 9.17) is 4.74 Å². The Morgan fingerprint density at radius 1 is 0.952 bits per heavy atom. The van der Waals surface area contributed by atoms with Gasteiger partial charge in [0.25, 0.3) is 0 Å². The topological polar surface area (TPSA) is 9.23 Å². The van der Waals surface area contributed by atoms with Gasteiger partial charge in [-0.15, -0.1) is 11.8 Å². The molecule has 0 N–H and O–H groups in total. The first kappa shape index (κ1) is 15.2. The Hall–Kier alpha value is -2.20. The predicted molar refractivity (Wildman–Crippen MR) is 88.3 cm³/mol. The van der Waals surface area contributed by atoms with E-state index in [0.717, 1.165) is 18.6 Å². The lowest BCUT2D eigenvalue weighted by Crippen LogP contribution is -1.96. The molecule has 0 amide bonds. The number of hydrogen-bond acceptors (Lipinski definition) is 1. The summed E-state index contributed by atoms with van der Waals surface area (Å²) in [4.78, 5) is 0. The van der Waals surface area contributed by atoms with Crippen LogP contribution in [0.1, 0.15) is 43.7 Å². The Balaban J connectivity index is 1.89. The summed E-state index contributed by atoms with van der Waals surface area (Å²) < 4.78 is 5.80. The molecular formula is C20H22O. The molecule has 1 atom stereocenters. The lowest BCUT2D eigenvalue weighted by atomic mass is 9.98. The second kappa shape index (κ2) is 8.17. The van der Waals surface area contributed by atoms with Crippen LogP contribution in [-0.4, -0.2) is 0 Å². The zero-order valence-corrected chi connectivity index (χ0v) is 12.8. The summed E-state index contributed by atoms with van der Waals surface area (Å²) >= 11 is 0. The van der Waals surface area contributed by atoms with Gasteiger partial charge in [0, 0.05) is 12.8 Å². The maximum Gasteiger partial charge on any atom is 0.119 e. The maximum atomic E-state index is 5.80. The van der Waals surface area contributed by atoms with E-state index >= 15 is 0 Å². The van der Waals surface area contributed by atoms with E-state index in [1.165, 1.54) is 11.1 Å². The average Bonchev–Trinajstić information content (AvgIpc) is 2.54. The standard InChI is InChI=1S/C20H22O/c1-3-4-6-9-17(2)19-12-14-20(15-13-19)21-16-18-10-7-5-8-11-18/h5,7-8,10-15,17H,3,9,16H2,1-2H3. The molecule has 0 aromatic heterocycles. The fraction of sp³-hybridized carbons (Fsp3) is 0.300. The highest BCUT2D eigenvalue weighted by Crippen LogP contribution is 2.22. The SMILES string of the molecule is CCC#CCC(C)c1ccc(OCc2ccccc2)cc1. The molecule has 0 spiro atoms. The van der Waals surface area contributed by atoms with Gasteiger partial charge in [-0.1, -0.05) is 56.3 Å². The van der Waals surface area contributed by atoms with Gasteiger partial charge in [0.05, 0.1) is 0 Å². The highest BCUT2D eigenvalue weighted by atomic mass is 16.5. The fourth-order valence-corrected chi connectivity index (χ4v) is 2.10. The minimum atomic E-state index is 0.465. The molecule has 0 saturated carbocycles. The smallest absolute Gasteiger partial charge is 0.119 e. The zero-order valence-electron chi connectivity index (χ0n) is 12.8. The molecule has 2 aromatic carbocycles. The van der Waals surface area contributed by atoms with Crippen LogP contribution in [-0.2, 0) is 6.61 Å². The van der Waals surface area contributed by atoms with E-state index in [-0.39, 0.29) is 0 Å². The first-order valence-electron chi connectivity index (χ1n) is 7.52. The van der Waals surface area contributed by atoms with Crippen molar-refractivity contribution < 1.29 is 4.74 Å². The summed E-state index contributed by atoms with van der Waals surface area (Å²) in [6.45, 7) is 4.90. The zero-order chi connectivity index (χ0) is 14.9. The summed E-state index contributed by atoms with van der Waals surface area (Å²) in [6, 6.07) is 18.6. The molecule has 1 unspecified atom stereocenters. The van der Waals surface area contributed by atoms with Crippen molar-refractivity contribution >= 4 is 0 Å². The van der Waals surface area contributed by atoms with Gasteiger partial charge in [0.2, 0.25) is 0 Å². The Morgan fingerprint density at radius 3 is 2.33 bits per heavy atom. The van der Waals surface area contributed by atoms with Gasteiger partial charge >= 0.3 is 0 Å². The molecule has 0 bridgehead atoms. The van der Waals surface area contributed by atoms with Crippen molar-refractivity contribution in [3.63, 3.8) is 0 Å². The van der Waals surface area contributed by atoms with Crippen LogP contribution < -0.4 is 4.74 Å². The van der Waals surface area contributed by atoms with Crippen LogP contribution in [0.25, 0.3) is 0 Å². The van der Waals surface area contributed by atoms with Crippen LogP contribution in [0.15, 0.2) is 54.6 Å². The van der Waals surface area contributed by atoms with E-state index in [1.807, 2.05) is 30.3 Å². The third-order valence-electron chi connectivity index (χ3n) is 3.41. The van der Waals surface area contributed by atoms with Crippen LogP contribution >= 0.6 is 0 Å². The lowest BCUT2D eigenvalue weighted by molar-refractivity contribution is 0.306. The van der Waals surface area contributed by atoms with Crippen molar-refractivity contribution in [2.45, 2.75) is 39.2 Å². The minimum Gasteiger partial charge on any atom is -0.489 e. The quantitative estimate of drug-likeness (QED) is 0.685. The molecule has 1 heteroatoms. The number of benzene rings is 2. The molecule has 2 aromatic rings. The molecular weight excluding hydrogens is 256 g/mol. The third kappa shape index (κ3) is 5.00. The molecule has 0 aliphatic rings. The fourth-order valence-electron chi connectivity index (χ4n) is 2.10. The molecule has 0 aliphatic carbocycles. The van der Waals surface area contributed by atoms with E-state index in [2.05, 4.69) is 50.0 Å². The molecule has 0 aliphatic heterocycles. The molecule has 0 radical (unpaired) electrons. The number of ether oxygens (including phenoxy) is 1. The lowest BCUT2D eigenvalue weighted by Gasteiger charge is -2.10. The van der Waals surface area contributed by atoms with Crippen LogP contribution in [0.3, 0.4) is 0 Å². The molecule has 0 fully saturated rings. The van der Waals surface area contributed by atoms with Crippen molar-refractivity contribution in [2.24, 2.45) is 0 Å². The first-order valence-corrected chi connectivity index (χ1v) is 7.52. The molecule has 0 saturated heterocycles. The van der Waals surface area contributed by atoms with Crippen molar-refractivity contribution in [3.8, 4) is 17.6 Å². The Bertz CT molecular complexity index is 587.